The third kappa shape index (κ3) is 4.46. The van der Waals surface area contributed by atoms with Crippen LogP contribution in [0.2, 0.25) is 0 Å². The number of benzene rings is 1. The summed E-state index contributed by atoms with van der Waals surface area (Å²) in [6.45, 7) is 1.53. The van der Waals surface area contributed by atoms with E-state index in [0.29, 0.717) is 17.4 Å². The highest BCUT2D eigenvalue weighted by atomic mass is 16.2. The fourth-order valence-electron chi connectivity index (χ4n) is 7.09. The molecular weight excluding hydrogens is 542 g/mol. The van der Waals surface area contributed by atoms with Crippen LogP contribution in [0.4, 0.5) is 5.82 Å². The van der Waals surface area contributed by atoms with Crippen LogP contribution in [0.5, 0.6) is 0 Å². The minimum absolute atomic E-state index is 0.0854. The van der Waals surface area contributed by atoms with Gasteiger partial charge in [-0.1, -0.05) is 36.4 Å². The molecule has 43 heavy (non-hydrogen) atoms. The van der Waals surface area contributed by atoms with Gasteiger partial charge in [-0.2, -0.15) is 14.7 Å². The zero-order valence-corrected chi connectivity index (χ0v) is 23.8. The third-order valence-electron chi connectivity index (χ3n) is 9.11. The standard InChI is InChI=1S/C32H31N9O2/c1-18(42)37-31-27(20-7-8-20)28(22-13-23-10-11-24(14-22)40(23)32(43)29-34-17-35-39-29)38-30-25(16-36-41(30)31)21-9-12-26(33-15-21)19-5-3-2-4-6-19/h2-6,9,12,15-17,20,22-24H,7-8,10-11,13-14H2,1H3,(H,37,42)(H,34,35,39)/t22?,23-,24+. The summed E-state index contributed by atoms with van der Waals surface area (Å²) in [6, 6.07) is 14.4. The van der Waals surface area contributed by atoms with Gasteiger partial charge in [0.25, 0.3) is 5.91 Å². The van der Waals surface area contributed by atoms with Crippen LogP contribution >= 0.6 is 0 Å². The van der Waals surface area contributed by atoms with Gasteiger partial charge >= 0.3 is 0 Å². The van der Waals surface area contributed by atoms with Crippen LogP contribution in [-0.2, 0) is 4.79 Å². The highest BCUT2D eigenvalue weighted by Crippen LogP contribution is 2.51. The van der Waals surface area contributed by atoms with Crippen molar-refractivity contribution in [2.24, 2.45) is 0 Å². The summed E-state index contributed by atoms with van der Waals surface area (Å²) in [5.74, 6) is 1.27. The van der Waals surface area contributed by atoms with Crippen LogP contribution in [0.15, 0.2) is 61.2 Å². The lowest BCUT2D eigenvalue weighted by Gasteiger charge is -2.39. The first-order valence-corrected chi connectivity index (χ1v) is 14.9. The second kappa shape index (κ2) is 10.1. The molecule has 2 bridgehead atoms. The third-order valence-corrected chi connectivity index (χ3v) is 9.11. The Balaban J connectivity index is 1.20. The number of pyridine rings is 1. The van der Waals surface area contributed by atoms with Crippen molar-refractivity contribution in [2.75, 3.05) is 5.32 Å². The average molecular weight is 574 g/mol. The van der Waals surface area contributed by atoms with Crippen molar-refractivity contribution >= 4 is 23.3 Å². The lowest BCUT2D eigenvalue weighted by molar-refractivity contribution is -0.114. The summed E-state index contributed by atoms with van der Waals surface area (Å²) in [5, 5.41) is 14.5. The average Bonchev–Trinajstić information content (AvgIpc) is 3.41. The van der Waals surface area contributed by atoms with Crippen LogP contribution in [0.3, 0.4) is 0 Å². The van der Waals surface area contributed by atoms with Crippen molar-refractivity contribution in [3.63, 3.8) is 0 Å². The molecule has 1 unspecified atom stereocenters. The predicted octanol–water partition coefficient (Wildman–Crippen LogP) is 4.96. The Labute approximate surface area is 247 Å². The van der Waals surface area contributed by atoms with E-state index < -0.39 is 0 Å². The molecule has 11 heteroatoms. The number of carbonyl (C=O) groups excluding carboxylic acids is 2. The van der Waals surface area contributed by atoms with Gasteiger partial charge in [0.15, 0.2) is 5.65 Å². The van der Waals surface area contributed by atoms with Gasteiger partial charge in [0.2, 0.25) is 11.7 Å². The topological polar surface area (TPSA) is 134 Å². The van der Waals surface area contributed by atoms with Crippen molar-refractivity contribution in [2.45, 2.75) is 69.4 Å². The molecule has 4 aromatic heterocycles. The summed E-state index contributed by atoms with van der Waals surface area (Å²) in [6.07, 6.45) is 10.7. The fraction of sp³-hybridized carbons (Fsp3) is 0.344. The molecule has 6 heterocycles. The quantitative estimate of drug-likeness (QED) is 0.293. The number of H-pyrrole nitrogens is 1. The lowest BCUT2D eigenvalue weighted by Crippen LogP contribution is -2.46. The van der Waals surface area contributed by atoms with E-state index in [1.807, 2.05) is 59.8 Å². The SMILES string of the molecule is CC(=O)Nc1c(C2CC2)c(C2C[C@H]3CC[C@@H](C2)N3C(=O)c2ncn[nH]2)nc2c(-c3ccc(-c4ccccc4)nc3)cnn12. The molecule has 2 amide bonds. The Bertz CT molecular complexity index is 1810. The van der Waals surface area contributed by atoms with E-state index in [1.165, 1.54) is 13.3 Å². The summed E-state index contributed by atoms with van der Waals surface area (Å²) in [7, 11) is 0. The summed E-state index contributed by atoms with van der Waals surface area (Å²) < 4.78 is 1.79. The number of nitrogens with one attached hydrogen (secondary N) is 2. The van der Waals surface area contributed by atoms with Crippen LogP contribution in [0, 0.1) is 0 Å². The maximum atomic E-state index is 13.3. The number of anilines is 1. The second-order valence-electron chi connectivity index (χ2n) is 11.9. The first kappa shape index (κ1) is 25.8. The van der Waals surface area contributed by atoms with Crippen LogP contribution in [0.1, 0.15) is 79.2 Å². The monoisotopic (exact) mass is 573 g/mol. The molecule has 3 atom stereocenters. The highest BCUT2D eigenvalue weighted by Gasteiger charge is 2.46. The molecule has 0 spiro atoms. The predicted molar refractivity (Wildman–Crippen MR) is 159 cm³/mol. The zero-order valence-electron chi connectivity index (χ0n) is 23.8. The number of nitrogens with zero attached hydrogens (tertiary/aromatic N) is 7. The molecule has 1 aliphatic carbocycles. The van der Waals surface area contributed by atoms with E-state index >= 15 is 0 Å². The molecule has 5 aromatic rings. The van der Waals surface area contributed by atoms with Gasteiger partial charge in [0, 0.05) is 53.4 Å². The van der Waals surface area contributed by atoms with Crippen molar-refractivity contribution < 1.29 is 9.59 Å². The largest absolute Gasteiger partial charge is 0.330 e. The molecule has 8 rings (SSSR count). The van der Waals surface area contributed by atoms with Crippen LogP contribution in [-0.4, -0.2) is 63.6 Å². The number of aromatic nitrogens is 7. The number of fused-ring (bicyclic) bond motifs is 3. The maximum Gasteiger partial charge on any atom is 0.291 e. The molecule has 1 saturated carbocycles. The highest BCUT2D eigenvalue weighted by molar-refractivity contribution is 5.91. The molecule has 2 N–H and O–H groups in total. The Kier molecular flexibility index (Phi) is 6.06. The molecule has 11 nitrogen and oxygen atoms in total. The normalized spacial score (nSPS) is 21.3. The Morgan fingerprint density at radius 3 is 2.35 bits per heavy atom. The van der Waals surface area contributed by atoms with E-state index in [1.54, 1.807) is 4.52 Å². The van der Waals surface area contributed by atoms with Crippen molar-refractivity contribution in [1.29, 1.82) is 0 Å². The van der Waals surface area contributed by atoms with Gasteiger partial charge in [0.1, 0.15) is 12.1 Å². The lowest BCUT2D eigenvalue weighted by atomic mass is 9.85. The molecule has 2 saturated heterocycles. The minimum atomic E-state index is -0.140. The van der Waals surface area contributed by atoms with Crippen LogP contribution < -0.4 is 5.32 Å². The minimum Gasteiger partial charge on any atom is -0.330 e. The smallest absolute Gasteiger partial charge is 0.291 e. The Morgan fingerprint density at radius 2 is 1.70 bits per heavy atom. The van der Waals surface area contributed by atoms with Gasteiger partial charge in [-0.05, 0) is 50.5 Å². The molecule has 216 valence electrons. The number of rotatable bonds is 6. The van der Waals surface area contributed by atoms with Crippen LogP contribution in [0.25, 0.3) is 28.0 Å². The first-order chi connectivity index (χ1) is 21.0. The van der Waals surface area contributed by atoms with Crippen molar-refractivity contribution in [3.05, 3.63) is 78.3 Å². The van der Waals surface area contributed by atoms with Gasteiger partial charge in [0.05, 0.1) is 17.6 Å². The molecule has 3 fully saturated rings. The van der Waals surface area contributed by atoms with Crippen molar-refractivity contribution in [3.8, 4) is 22.4 Å². The number of piperidine rings is 1. The molecule has 2 aliphatic heterocycles. The first-order valence-electron chi connectivity index (χ1n) is 14.9. The van der Waals surface area contributed by atoms with Gasteiger partial charge in [-0.25, -0.2) is 9.97 Å². The number of aromatic amines is 1. The Morgan fingerprint density at radius 1 is 0.907 bits per heavy atom. The van der Waals surface area contributed by atoms with Gasteiger partial charge < -0.3 is 10.2 Å². The molecule has 3 aliphatic rings. The Hall–Kier alpha value is -4.93. The number of carbonyl (C=O) groups is 2. The molecule has 0 radical (unpaired) electrons. The van der Waals surface area contributed by atoms with E-state index in [2.05, 4.69) is 20.5 Å². The summed E-state index contributed by atoms with van der Waals surface area (Å²) in [5.41, 5.74) is 6.54. The van der Waals surface area contributed by atoms with E-state index in [9.17, 15) is 9.59 Å². The second-order valence-corrected chi connectivity index (χ2v) is 11.9. The number of amides is 2. The van der Waals surface area contributed by atoms with Crippen molar-refractivity contribution in [1.82, 2.24) is 39.7 Å². The van der Waals surface area contributed by atoms with Gasteiger partial charge in [-0.15, -0.1) is 0 Å². The fourth-order valence-corrected chi connectivity index (χ4v) is 7.09. The molecule has 1 aromatic carbocycles. The molecular formula is C32H31N9O2. The maximum absolute atomic E-state index is 13.3. The number of hydrogen-bond acceptors (Lipinski definition) is 7. The number of hydrogen-bond donors (Lipinski definition) is 2. The zero-order chi connectivity index (χ0) is 29.1. The van der Waals surface area contributed by atoms with E-state index in [4.69, 9.17) is 15.1 Å². The van der Waals surface area contributed by atoms with E-state index in [-0.39, 0.29) is 35.6 Å². The summed E-state index contributed by atoms with van der Waals surface area (Å²) >= 11 is 0. The van der Waals surface area contributed by atoms with E-state index in [0.717, 1.165) is 72.2 Å². The summed E-state index contributed by atoms with van der Waals surface area (Å²) in [4.78, 5) is 42.0. The van der Waals surface area contributed by atoms with Gasteiger partial charge in [-0.3, -0.25) is 19.7 Å².